The first-order valence-corrected chi connectivity index (χ1v) is 14.9. The third kappa shape index (κ3) is 6.56. The maximum atomic E-state index is 13.8. The highest BCUT2D eigenvalue weighted by Crippen LogP contribution is 2.40. The molecule has 35 heavy (non-hydrogen) atoms. The zero-order valence-corrected chi connectivity index (χ0v) is 21.0. The van der Waals surface area contributed by atoms with Crippen LogP contribution in [0.1, 0.15) is 22.7 Å². The topological polar surface area (TPSA) is 28.6 Å². The van der Waals surface area contributed by atoms with Crippen LogP contribution in [0.3, 0.4) is 0 Å². The largest absolute Gasteiger partial charge is 0.419 e. The number of ether oxygens (including phenoxy) is 1. The number of hydrogen-bond donors (Lipinski definition) is 0. The van der Waals surface area contributed by atoms with Crippen LogP contribution in [-0.4, -0.2) is 56.5 Å². The molecule has 1 radical (unpaired) electrons. The summed E-state index contributed by atoms with van der Waals surface area (Å²) in [6, 6.07) is 6.21. The van der Waals surface area contributed by atoms with Gasteiger partial charge in [-0.2, -0.15) is 26.3 Å². The van der Waals surface area contributed by atoms with Crippen molar-refractivity contribution < 1.29 is 31.1 Å². The zero-order chi connectivity index (χ0) is 26.0. The summed E-state index contributed by atoms with van der Waals surface area (Å²) in [5, 5.41) is 0. The number of halogens is 6. The predicted octanol–water partition coefficient (Wildman–Crippen LogP) is 6.08. The molecule has 1 saturated heterocycles. The highest BCUT2D eigenvalue weighted by Gasteiger charge is 2.42. The number of aromatic nitrogens is 1. The average molecular weight is 519 g/mol. The number of piperazine rings is 1. The summed E-state index contributed by atoms with van der Waals surface area (Å²) in [6.45, 7) is 12.0. The van der Waals surface area contributed by atoms with Crippen LogP contribution < -0.4 is 4.90 Å². The van der Waals surface area contributed by atoms with Gasteiger partial charge in [0.15, 0.2) is 0 Å². The second-order valence-corrected chi connectivity index (χ2v) is 15.1. The minimum atomic E-state index is -4.62. The highest BCUT2D eigenvalue weighted by atomic mass is 28.3. The monoisotopic (exact) mass is 518 g/mol. The van der Waals surface area contributed by atoms with Crippen molar-refractivity contribution in [2.24, 2.45) is 0 Å². The maximum absolute atomic E-state index is 13.8. The molecule has 2 unspecified atom stereocenters. The smallest absolute Gasteiger partial charge is 0.380 e. The van der Waals surface area contributed by atoms with Crippen molar-refractivity contribution in [3.63, 3.8) is 0 Å². The molecule has 4 nitrogen and oxygen atoms in total. The van der Waals surface area contributed by atoms with Crippen LogP contribution >= 0.6 is 0 Å². The van der Waals surface area contributed by atoms with Crippen molar-refractivity contribution in [1.82, 2.24) is 9.88 Å². The summed E-state index contributed by atoms with van der Waals surface area (Å²) in [5.74, 6) is -0.219. The lowest BCUT2D eigenvalue weighted by Gasteiger charge is -2.48. The standard InChI is InChI=1S/C24H30F6N3OSi/c1-5-34-16-21(35(2,3)4)32-13-14-33(22-19(24(28,29)30)7-6-12-31-22)20(15-32)17-8-10-18(11-9-17)23(25,26)27/h6-12,20-21H,1,5,13-16H2,2-4H3. The van der Waals surface area contributed by atoms with E-state index in [4.69, 9.17) is 4.74 Å². The molecule has 1 aliphatic heterocycles. The summed E-state index contributed by atoms with van der Waals surface area (Å²) in [6.07, 6.45) is -7.82. The molecule has 2 atom stereocenters. The molecule has 0 spiro atoms. The molecule has 2 heterocycles. The van der Waals surface area contributed by atoms with E-state index in [0.717, 1.165) is 18.2 Å². The van der Waals surface area contributed by atoms with Crippen LogP contribution in [0.15, 0.2) is 42.6 Å². The molecular formula is C24H30F6N3OSi. The Morgan fingerprint density at radius 2 is 1.69 bits per heavy atom. The van der Waals surface area contributed by atoms with Crippen LogP contribution in [0.5, 0.6) is 0 Å². The normalized spacial score (nSPS) is 19.1. The molecule has 0 aliphatic carbocycles. The number of rotatable bonds is 7. The number of nitrogens with zero attached hydrogens (tertiary/aromatic N) is 3. The molecule has 0 N–H and O–H groups in total. The highest BCUT2D eigenvalue weighted by molar-refractivity contribution is 6.77. The van der Waals surface area contributed by atoms with E-state index in [1.165, 1.54) is 24.4 Å². The van der Waals surface area contributed by atoms with Gasteiger partial charge < -0.3 is 9.64 Å². The van der Waals surface area contributed by atoms with Gasteiger partial charge in [-0.15, -0.1) is 0 Å². The van der Waals surface area contributed by atoms with Gasteiger partial charge in [-0.25, -0.2) is 4.98 Å². The molecule has 3 rings (SSSR count). The Kier molecular flexibility index (Phi) is 8.22. The van der Waals surface area contributed by atoms with E-state index in [1.54, 1.807) is 4.90 Å². The number of pyridine rings is 1. The number of benzene rings is 1. The Bertz CT molecular complexity index is 975. The van der Waals surface area contributed by atoms with Gasteiger partial charge in [-0.1, -0.05) is 31.8 Å². The van der Waals surface area contributed by atoms with Crippen LogP contribution in [0.4, 0.5) is 32.2 Å². The average Bonchev–Trinajstić information content (AvgIpc) is 2.77. The van der Waals surface area contributed by atoms with Crippen molar-refractivity contribution in [2.75, 3.05) is 37.7 Å². The fourth-order valence-electron chi connectivity index (χ4n) is 4.47. The Morgan fingerprint density at radius 1 is 1.03 bits per heavy atom. The van der Waals surface area contributed by atoms with E-state index in [9.17, 15) is 26.3 Å². The van der Waals surface area contributed by atoms with E-state index in [2.05, 4.69) is 36.4 Å². The molecule has 193 valence electrons. The second kappa shape index (κ2) is 10.5. The third-order valence-electron chi connectivity index (χ3n) is 6.26. The van der Waals surface area contributed by atoms with Crippen LogP contribution in [0, 0.1) is 6.92 Å². The summed E-state index contributed by atoms with van der Waals surface area (Å²) < 4.78 is 86.4. The lowest BCUT2D eigenvalue weighted by Crippen LogP contribution is -2.60. The first-order valence-electron chi connectivity index (χ1n) is 11.3. The Hall–Kier alpha value is -2.11. The quantitative estimate of drug-likeness (QED) is 0.328. The minimum Gasteiger partial charge on any atom is -0.380 e. The number of hydrogen-bond acceptors (Lipinski definition) is 4. The van der Waals surface area contributed by atoms with Crippen LogP contribution in [-0.2, 0) is 17.1 Å². The molecule has 1 aromatic heterocycles. The van der Waals surface area contributed by atoms with E-state index in [-0.39, 0.29) is 18.0 Å². The fraction of sp³-hybridized carbons (Fsp3) is 0.500. The molecular weight excluding hydrogens is 488 g/mol. The van der Waals surface area contributed by atoms with E-state index in [1.807, 2.05) is 0 Å². The van der Waals surface area contributed by atoms with Crippen molar-refractivity contribution in [3.05, 3.63) is 66.2 Å². The van der Waals surface area contributed by atoms with Gasteiger partial charge in [0.25, 0.3) is 0 Å². The molecule has 1 fully saturated rings. The minimum absolute atomic E-state index is 0.0640. The lowest BCUT2D eigenvalue weighted by molar-refractivity contribution is -0.138. The van der Waals surface area contributed by atoms with Gasteiger partial charge in [0.05, 0.1) is 31.8 Å². The molecule has 0 saturated carbocycles. The summed E-state index contributed by atoms with van der Waals surface area (Å²) in [7, 11) is -1.81. The van der Waals surface area contributed by atoms with Gasteiger partial charge in [-0.3, -0.25) is 4.90 Å². The lowest BCUT2D eigenvalue weighted by atomic mass is 9.99. The summed E-state index contributed by atoms with van der Waals surface area (Å²) in [5.41, 5.74) is -1.12. The summed E-state index contributed by atoms with van der Waals surface area (Å²) in [4.78, 5) is 7.81. The third-order valence-corrected chi connectivity index (χ3v) is 8.79. The Morgan fingerprint density at radius 3 is 2.23 bits per heavy atom. The second-order valence-electron chi connectivity index (χ2n) is 9.65. The molecule has 11 heteroatoms. The van der Waals surface area contributed by atoms with Crippen LogP contribution in [0.25, 0.3) is 0 Å². The molecule has 1 aromatic carbocycles. The SMILES string of the molecule is [CH2]COCC(N1CCN(c2ncccc2C(F)(F)F)C(c2ccc(C(F)(F)F)cc2)C1)[Si](C)(C)C. The van der Waals surface area contributed by atoms with Crippen molar-refractivity contribution in [1.29, 1.82) is 0 Å². The molecule has 0 amide bonds. The van der Waals surface area contributed by atoms with E-state index >= 15 is 0 Å². The molecule has 0 bridgehead atoms. The number of anilines is 1. The first kappa shape index (κ1) is 27.5. The van der Waals surface area contributed by atoms with Crippen molar-refractivity contribution in [3.8, 4) is 0 Å². The Labute approximate surface area is 202 Å². The fourth-order valence-corrected chi connectivity index (χ4v) is 6.41. The van der Waals surface area contributed by atoms with Gasteiger partial charge in [0, 0.05) is 38.1 Å². The van der Waals surface area contributed by atoms with Crippen molar-refractivity contribution >= 4 is 13.9 Å². The first-order chi connectivity index (χ1) is 16.2. The zero-order valence-electron chi connectivity index (χ0n) is 20.0. The van der Waals surface area contributed by atoms with E-state index < -0.39 is 37.6 Å². The Balaban J connectivity index is 2.04. The molecule has 2 aromatic rings. The van der Waals surface area contributed by atoms with Crippen LogP contribution in [0.2, 0.25) is 19.6 Å². The summed E-state index contributed by atoms with van der Waals surface area (Å²) >= 11 is 0. The van der Waals surface area contributed by atoms with Crippen molar-refractivity contribution in [2.45, 2.75) is 43.7 Å². The van der Waals surface area contributed by atoms with E-state index in [0.29, 0.717) is 31.9 Å². The maximum Gasteiger partial charge on any atom is 0.419 e. The van der Waals surface area contributed by atoms with Gasteiger partial charge in [-0.05, 0) is 36.8 Å². The van der Waals surface area contributed by atoms with Gasteiger partial charge >= 0.3 is 12.4 Å². The molecule has 1 aliphatic rings. The predicted molar refractivity (Wildman–Crippen MR) is 126 cm³/mol. The van der Waals surface area contributed by atoms with Gasteiger partial charge in [0.1, 0.15) is 5.82 Å². The number of alkyl halides is 6. The van der Waals surface area contributed by atoms with Gasteiger partial charge in [0.2, 0.25) is 0 Å².